The van der Waals surface area contributed by atoms with Gasteiger partial charge in [0.25, 0.3) is 0 Å². The molecule has 3 heteroatoms. The molecular formula is C13H22BrNO. The van der Waals surface area contributed by atoms with E-state index in [4.69, 9.17) is 0 Å². The van der Waals surface area contributed by atoms with Crippen LogP contribution in [-0.4, -0.2) is 16.8 Å². The van der Waals surface area contributed by atoms with Crippen LogP contribution in [0.1, 0.15) is 46.0 Å². The van der Waals surface area contributed by atoms with E-state index in [2.05, 4.69) is 35.1 Å². The van der Waals surface area contributed by atoms with E-state index in [1.165, 1.54) is 25.7 Å². The van der Waals surface area contributed by atoms with E-state index in [0.717, 1.165) is 11.8 Å². The van der Waals surface area contributed by atoms with Crippen molar-refractivity contribution in [1.82, 2.24) is 5.32 Å². The highest BCUT2D eigenvalue weighted by Gasteiger charge is 2.55. The Kier molecular flexibility index (Phi) is 3.62. The molecule has 0 aromatic carbocycles. The van der Waals surface area contributed by atoms with Crippen molar-refractivity contribution in [2.24, 2.45) is 17.8 Å². The lowest BCUT2D eigenvalue weighted by Crippen LogP contribution is -2.44. The van der Waals surface area contributed by atoms with E-state index < -0.39 is 0 Å². The summed E-state index contributed by atoms with van der Waals surface area (Å²) in [7, 11) is 0. The van der Waals surface area contributed by atoms with Gasteiger partial charge in [0.2, 0.25) is 5.91 Å². The number of carbonyl (C=O) groups is 1. The minimum atomic E-state index is -0.0632. The molecule has 2 fully saturated rings. The summed E-state index contributed by atoms with van der Waals surface area (Å²) in [6, 6.07) is 0. The van der Waals surface area contributed by atoms with Gasteiger partial charge in [0.1, 0.15) is 0 Å². The van der Waals surface area contributed by atoms with Gasteiger partial charge in [0, 0.05) is 16.8 Å². The van der Waals surface area contributed by atoms with Gasteiger partial charge in [-0.2, -0.15) is 0 Å². The van der Waals surface area contributed by atoms with Crippen LogP contribution in [0.15, 0.2) is 0 Å². The molecule has 0 aromatic heterocycles. The summed E-state index contributed by atoms with van der Waals surface area (Å²) >= 11 is 3.44. The fourth-order valence-corrected chi connectivity index (χ4v) is 4.09. The molecule has 0 bridgehead atoms. The van der Waals surface area contributed by atoms with Crippen molar-refractivity contribution in [3.05, 3.63) is 0 Å². The van der Waals surface area contributed by atoms with Gasteiger partial charge in [0.15, 0.2) is 0 Å². The summed E-state index contributed by atoms with van der Waals surface area (Å²) in [6.07, 6.45) is 6.20. The molecule has 0 spiro atoms. The maximum Gasteiger partial charge on any atom is 0.224 e. The number of carbonyl (C=O) groups excluding carboxylic acids is 1. The smallest absolute Gasteiger partial charge is 0.224 e. The fraction of sp³-hybridized carbons (Fsp3) is 0.923. The van der Waals surface area contributed by atoms with Gasteiger partial charge < -0.3 is 5.32 Å². The lowest BCUT2D eigenvalue weighted by molar-refractivity contribution is -0.124. The maximum absolute atomic E-state index is 12.1. The van der Waals surface area contributed by atoms with E-state index in [1.807, 2.05) is 0 Å². The third-order valence-electron chi connectivity index (χ3n) is 4.14. The molecular weight excluding hydrogens is 266 g/mol. The second-order valence-electron chi connectivity index (χ2n) is 5.95. The van der Waals surface area contributed by atoms with E-state index >= 15 is 0 Å². The quantitative estimate of drug-likeness (QED) is 0.791. The number of amides is 1. The second-order valence-corrected chi connectivity index (χ2v) is 6.74. The molecule has 2 saturated carbocycles. The van der Waals surface area contributed by atoms with E-state index in [1.54, 1.807) is 0 Å². The first-order valence-corrected chi connectivity index (χ1v) is 7.55. The largest absolute Gasteiger partial charge is 0.351 e. The van der Waals surface area contributed by atoms with Gasteiger partial charge in [-0.25, -0.2) is 0 Å². The Morgan fingerprint density at radius 3 is 2.38 bits per heavy atom. The summed E-state index contributed by atoms with van der Waals surface area (Å²) < 4.78 is 0. The SMILES string of the molecule is CC(C)(CCBr)NC(=O)C1C2CCCCC21. The number of alkyl halides is 1. The Bertz CT molecular complexity index is 265. The number of rotatable bonds is 4. The van der Waals surface area contributed by atoms with Crippen LogP contribution in [0.3, 0.4) is 0 Å². The van der Waals surface area contributed by atoms with Gasteiger partial charge in [-0.1, -0.05) is 28.8 Å². The van der Waals surface area contributed by atoms with Gasteiger partial charge in [0.05, 0.1) is 0 Å². The molecule has 0 saturated heterocycles. The van der Waals surface area contributed by atoms with E-state index in [-0.39, 0.29) is 5.54 Å². The Balaban J connectivity index is 1.85. The Morgan fingerprint density at radius 2 is 1.88 bits per heavy atom. The summed E-state index contributed by atoms with van der Waals surface area (Å²) in [5, 5.41) is 4.15. The second kappa shape index (κ2) is 4.67. The first-order valence-electron chi connectivity index (χ1n) is 6.43. The Hall–Kier alpha value is -0.0500. The van der Waals surface area contributed by atoms with Crippen LogP contribution in [-0.2, 0) is 4.79 Å². The van der Waals surface area contributed by atoms with Gasteiger partial charge >= 0.3 is 0 Å². The van der Waals surface area contributed by atoms with E-state index in [0.29, 0.717) is 23.7 Å². The zero-order valence-corrected chi connectivity index (χ0v) is 11.8. The van der Waals surface area contributed by atoms with Crippen LogP contribution in [0, 0.1) is 17.8 Å². The van der Waals surface area contributed by atoms with Crippen molar-refractivity contribution in [3.63, 3.8) is 0 Å². The molecule has 92 valence electrons. The van der Waals surface area contributed by atoms with Crippen molar-refractivity contribution in [1.29, 1.82) is 0 Å². The first-order chi connectivity index (χ1) is 7.55. The molecule has 2 nitrogen and oxygen atoms in total. The van der Waals surface area contributed by atoms with Crippen LogP contribution in [0.5, 0.6) is 0 Å². The number of fused-ring (bicyclic) bond motifs is 1. The summed E-state index contributed by atoms with van der Waals surface area (Å²) in [5.41, 5.74) is -0.0632. The third kappa shape index (κ3) is 2.61. The zero-order chi connectivity index (χ0) is 11.8. The molecule has 16 heavy (non-hydrogen) atoms. The van der Waals surface area contributed by atoms with Crippen LogP contribution in [0.25, 0.3) is 0 Å². The van der Waals surface area contributed by atoms with Gasteiger partial charge in [-0.15, -0.1) is 0 Å². The lowest BCUT2D eigenvalue weighted by atomic mass is 10.0. The summed E-state index contributed by atoms with van der Waals surface area (Å²) in [6.45, 7) is 4.22. The maximum atomic E-state index is 12.1. The molecule has 2 aliphatic rings. The number of hydrogen-bond donors (Lipinski definition) is 1. The molecule has 2 aliphatic carbocycles. The Labute approximate surface area is 107 Å². The fourth-order valence-electron chi connectivity index (χ4n) is 3.10. The predicted octanol–water partition coefficient (Wildman–Crippen LogP) is 3.10. The topological polar surface area (TPSA) is 29.1 Å². The first kappa shape index (κ1) is 12.4. The lowest BCUT2D eigenvalue weighted by Gasteiger charge is -2.25. The highest BCUT2D eigenvalue weighted by molar-refractivity contribution is 9.09. The molecule has 0 heterocycles. The van der Waals surface area contributed by atoms with Crippen molar-refractivity contribution in [2.75, 3.05) is 5.33 Å². The van der Waals surface area contributed by atoms with Crippen molar-refractivity contribution < 1.29 is 4.79 Å². The normalized spacial score (nSPS) is 33.1. The standard InChI is InChI=1S/C13H22BrNO/c1-13(2,7-8-14)15-12(16)11-9-5-3-4-6-10(9)11/h9-11H,3-8H2,1-2H3,(H,15,16). The molecule has 0 radical (unpaired) electrons. The molecule has 0 aromatic rings. The highest BCUT2D eigenvalue weighted by Crippen LogP contribution is 2.55. The summed E-state index contributed by atoms with van der Waals surface area (Å²) in [4.78, 5) is 12.1. The predicted molar refractivity (Wildman–Crippen MR) is 69.6 cm³/mol. The van der Waals surface area contributed by atoms with Crippen molar-refractivity contribution in [3.8, 4) is 0 Å². The van der Waals surface area contributed by atoms with Crippen LogP contribution >= 0.6 is 15.9 Å². The summed E-state index contributed by atoms with van der Waals surface area (Å²) in [5.74, 6) is 2.09. The highest BCUT2D eigenvalue weighted by atomic mass is 79.9. The minimum absolute atomic E-state index is 0.0632. The Morgan fingerprint density at radius 1 is 1.31 bits per heavy atom. The number of hydrogen-bond acceptors (Lipinski definition) is 1. The molecule has 0 aliphatic heterocycles. The zero-order valence-electron chi connectivity index (χ0n) is 10.3. The van der Waals surface area contributed by atoms with Gasteiger partial charge in [-0.3, -0.25) is 4.79 Å². The van der Waals surface area contributed by atoms with Crippen LogP contribution in [0.4, 0.5) is 0 Å². The molecule has 1 N–H and O–H groups in total. The van der Waals surface area contributed by atoms with Crippen LogP contribution in [0.2, 0.25) is 0 Å². The average molecular weight is 288 g/mol. The van der Waals surface area contributed by atoms with Crippen LogP contribution < -0.4 is 5.32 Å². The van der Waals surface area contributed by atoms with E-state index in [9.17, 15) is 4.79 Å². The number of halogens is 1. The molecule has 2 unspecified atom stereocenters. The monoisotopic (exact) mass is 287 g/mol. The number of nitrogens with one attached hydrogen (secondary N) is 1. The molecule has 1 amide bonds. The molecule has 2 atom stereocenters. The van der Waals surface area contributed by atoms with Crippen molar-refractivity contribution >= 4 is 21.8 Å². The minimum Gasteiger partial charge on any atom is -0.351 e. The van der Waals surface area contributed by atoms with Crippen molar-refractivity contribution in [2.45, 2.75) is 51.5 Å². The molecule has 2 rings (SSSR count). The van der Waals surface area contributed by atoms with Gasteiger partial charge in [-0.05, 0) is 44.9 Å². The third-order valence-corrected chi connectivity index (χ3v) is 4.54. The average Bonchev–Trinajstić information content (AvgIpc) is 2.90.